The van der Waals surface area contributed by atoms with Crippen LogP contribution >= 0.6 is 0 Å². The second-order valence-corrected chi connectivity index (χ2v) is 5.70. The Morgan fingerprint density at radius 1 is 1.25 bits per heavy atom. The Hall–Kier alpha value is -0.900. The summed E-state index contributed by atoms with van der Waals surface area (Å²) >= 11 is 0. The maximum absolute atomic E-state index is 5.45. The maximum atomic E-state index is 5.45. The quantitative estimate of drug-likeness (QED) is 0.824. The van der Waals surface area contributed by atoms with E-state index in [1.165, 1.54) is 25.7 Å². The van der Waals surface area contributed by atoms with Crippen LogP contribution < -0.4 is 5.32 Å². The Balaban J connectivity index is 1.57. The van der Waals surface area contributed by atoms with Crippen molar-refractivity contribution in [1.29, 1.82) is 0 Å². The standard InChI is InChI=1S/C12H17N3O/c1-6-4-8(6)11-14-12(16-15-11)9-5-7-2-3-10(9)13-7/h6-10,13H,2-5H2,1H3. The van der Waals surface area contributed by atoms with E-state index in [1.807, 2.05) is 0 Å². The van der Waals surface area contributed by atoms with E-state index >= 15 is 0 Å². The fraction of sp³-hybridized carbons (Fsp3) is 0.833. The molecule has 4 rings (SSSR count). The van der Waals surface area contributed by atoms with Gasteiger partial charge in [0.2, 0.25) is 5.89 Å². The smallest absolute Gasteiger partial charge is 0.231 e. The Kier molecular flexibility index (Phi) is 1.76. The molecule has 3 aliphatic rings. The van der Waals surface area contributed by atoms with Crippen molar-refractivity contribution in [3.8, 4) is 0 Å². The van der Waals surface area contributed by atoms with Gasteiger partial charge in [-0.15, -0.1) is 0 Å². The molecule has 1 aliphatic carbocycles. The van der Waals surface area contributed by atoms with Gasteiger partial charge in [0.1, 0.15) is 0 Å². The number of fused-ring (bicyclic) bond motifs is 2. The highest BCUT2D eigenvalue weighted by Crippen LogP contribution is 2.46. The van der Waals surface area contributed by atoms with Crippen LogP contribution in [0.25, 0.3) is 0 Å². The van der Waals surface area contributed by atoms with E-state index < -0.39 is 0 Å². The van der Waals surface area contributed by atoms with Crippen molar-refractivity contribution in [2.75, 3.05) is 0 Å². The first-order valence-corrected chi connectivity index (χ1v) is 6.41. The van der Waals surface area contributed by atoms with Crippen molar-refractivity contribution in [1.82, 2.24) is 15.5 Å². The SMILES string of the molecule is CC1CC1c1noc(C2CC3CCC2N3)n1. The van der Waals surface area contributed by atoms with Gasteiger partial charge >= 0.3 is 0 Å². The van der Waals surface area contributed by atoms with E-state index in [0.29, 0.717) is 23.9 Å². The average molecular weight is 219 g/mol. The van der Waals surface area contributed by atoms with Crippen molar-refractivity contribution in [3.63, 3.8) is 0 Å². The van der Waals surface area contributed by atoms with Gasteiger partial charge in [0.25, 0.3) is 0 Å². The molecular formula is C12H17N3O. The monoisotopic (exact) mass is 219 g/mol. The molecular weight excluding hydrogens is 202 g/mol. The van der Waals surface area contributed by atoms with Crippen LogP contribution in [0.4, 0.5) is 0 Å². The van der Waals surface area contributed by atoms with Crippen molar-refractivity contribution < 1.29 is 4.52 Å². The summed E-state index contributed by atoms with van der Waals surface area (Å²) in [5.74, 6) is 3.64. The third kappa shape index (κ3) is 1.25. The first-order chi connectivity index (χ1) is 7.81. The van der Waals surface area contributed by atoms with Crippen molar-refractivity contribution in [2.45, 2.75) is 56.5 Å². The molecule has 1 aromatic rings. The Labute approximate surface area is 94.8 Å². The molecule has 86 valence electrons. The summed E-state index contributed by atoms with van der Waals surface area (Å²) in [6.45, 7) is 2.25. The molecule has 5 atom stereocenters. The lowest BCUT2D eigenvalue weighted by molar-refractivity contribution is 0.327. The predicted molar refractivity (Wildman–Crippen MR) is 58.1 cm³/mol. The third-order valence-corrected chi connectivity index (χ3v) is 4.52. The lowest BCUT2D eigenvalue weighted by atomic mass is 9.89. The van der Waals surface area contributed by atoms with Crippen LogP contribution in [0.15, 0.2) is 4.52 Å². The molecule has 2 aliphatic heterocycles. The lowest BCUT2D eigenvalue weighted by Crippen LogP contribution is -2.21. The Bertz CT molecular complexity index is 416. The summed E-state index contributed by atoms with van der Waals surface area (Å²) in [5.41, 5.74) is 0. The van der Waals surface area contributed by atoms with Gasteiger partial charge < -0.3 is 9.84 Å². The van der Waals surface area contributed by atoms with E-state index in [1.54, 1.807) is 0 Å². The summed E-state index contributed by atoms with van der Waals surface area (Å²) in [4.78, 5) is 4.61. The van der Waals surface area contributed by atoms with Crippen LogP contribution in [0.5, 0.6) is 0 Å². The summed E-state index contributed by atoms with van der Waals surface area (Å²) in [6, 6.07) is 1.29. The van der Waals surface area contributed by atoms with Gasteiger partial charge in [-0.25, -0.2) is 0 Å². The summed E-state index contributed by atoms with van der Waals surface area (Å²) in [5, 5.41) is 7.75. The first-order valence-electron chi connectivity index (χ1n) is 6.41. The zero-order valence-corrected chi connectivity index (χ0v) is 9.52. The number of hydrogen-bond donors (Lipinski definition) is 1. The molecule has 0 spiro atoms. The topological polar surface area (TPSA) is 51.0 Å². The second-order valence-electron chi connectivity index (χ2n) is 5.70. The molecule has 0 amide bonds. The molecule has 16 heavy (non-hydrogen) atoms. The summed E-state index contributed by atoms with van der Waals surface area (Å²) < 4.78 is 5.45. The summed E-state index contributed by atoms with van der Waals surface area (Å²) in [7, 11) is 0. The minimum Gasteiger partial charge on any atom is -0.339 e. The molecule has 1 N–H and O–H groups in total. The van der Waals surface area contributed by atoms with E-state index in [-0.39, 0.29) is 0 Å². The van der Waals surface area contributed by atoms with Crippen LogP contribution in [-0.4, -0.2) is 22.2 Å². The maximum Gasteiger partial charge on any atom is 0.231 e. The lowest BCUT2D eigenvalue weighted by Gasteiger charge is -2.15. The minimum atomic E-state index is 0.481. The largest absolute Gasteiger partial charge is 0.339 e. The van der Waals surface area contributed by atoms with Gasteiger partial charge in [-0.1, -0.05) is 12.1 Å². The van der Waals surface area contributed by atoms with Crippen molar-refractivity contribution in [3.05, 3.63) is 11.7 Å². The normalized spacial score (nSPS) is 45.2. The third-order valence-electron chi connectivity index (χ3n) is 4.52. The molecule has 3 fully saturated rings. The molecule has 4 nitrogen and oxygen atoms in total. The van der Waals surface area contributed by atoms with E-state index in [9.17, 15) is 0 Å². The van der Waals surface area contributed by atoms with Crippen molar-refractivity contribution >= 4 is 0 Å². The second kappa shape index (κ2) is 3.06. The fourth-order valence-electron chi connectivity index (χ4n) is 3.33. The zero-order valence-electron chi connectivity index (χ0n) is 9.52. The van der Waals surface area contributed by atoms with Crippen LogP contribution in [0.2, 0.25) is 0 Å². The van der Waals surface area contributed by atoms with Gasteiger partial charge in [-0.2, -0.15) is 4.98 Å². The van der Waals surface area contributed by atoms with Gasteiger partial charge in [0.05, 0.1) is 5.92 Å². The van der Waals surface area contributed by atoms with Gasteiger partial charge in [0, 0.05) is 18.0 Å². The van der Waals surface area contributed by atoms with E-state index in [0.717, 1.165) is 17.6 Å². The minimum absolute atomic E-state index is 0.481. The number of hydrogen-bond acceptors (Lipinski definition) is 4. The van der Waals surface area contributed by atoms with E-state index in [4.69, 9.17) is 4.52 Å². The van der Waals surface area contributed by atoms with Crippen molar-refractivity contribution in [2.24, 2.45) is 5.92 Å². The average Bonchev–Trinajstić information content (AvgIpc) is 2.82. The van der Waals surface area contributed by atoms with Crippen LogP contribution in [0, 0.1) is 5.92 Å². The van der Waals surface area contributed by atoms with Gasteiger partial charge in [-0.05, 0) is 31.6 Å². The number of nitrogens with one attached hydrogen (secondary N) is 1. The zero-order chi connectivity index (χ0) is 10.7. The van der Waals surface area contributed by atoms with Crippen LogP contribution in [-0.2, 0) is 0 Å². The molecule has 0 radical (unpaired) electrons. The van der Waals surface area contributed by atoms with Gasteiger partial charge in [0.15, 0.2) is 5.82 Å². The number of rotatable bonds is 2. The van der Waals surface area contributed by atoms with Crippen LogP contribution in [0.3, 0.4) is 0 Å². The molecule has 1 aromatic heterocycles. The molecule has 4 heteroatoms. The molecule has 1 saturated carbocycles. The highest BCUT2D eigenvalue weighted by Gasteiger charge is 2.44. The highest BCUT2D eigenvalue weighted by molar-refractivity contribution is 5.13. The number of aromatic nitrogens is 2. The Morgan fingerprint density at radius 3 is 2.75 bits per heavy atom. The molecule has 0 aromatic carbocycles. The molecule has 2 saturated heterocycles. The number of nitrogens with zero attached hydrogens (tertiary/aromatic N) is 2. The fourth-order valence-corrected chi connectivity index (χ4v) is 3.33. The predicted octanol–water partition coefficient (Wildman–Crippen LogP) is 1.80. The summed E-state index contributed by atoms with van der Waals surface area (Å²) in [6.07, 6.45) is 5.01. The molecule has 5 unspecified atom stereocenters. The molecule has 2 bridgehead atoms. The Morgan fingerprint density at radius 2 is 2.12 bits per heavy atom. The molecule has 3 heterocycles. The van der Waals surface area contributed by atoms with Gasteiger partial charge in [-0.3, -0.25) is 0 Å². The first kappa shape index (κ1) is 9.16. The van der Waals surface area contributed by atoms with E-state index in [2.05, 4.69) is 22.4 Å². The van der Waals surface area contributed by atoms with Crippen LogP contribution in [0.1, 0.15) is 56.2 Å². The highest BCUT2D eigenvalue weighted by atomic mass is 16.5.